The summed E-state index contributed by atoms with van der Waals surface area (Å²) in [6.45, 7) is 9.77. The predicted molar refractivity (Wildman–Crippen MR) is 59.0 cm³/mol. The second kappa shape index (κ2) is 3.18. The van der Waals surface area contributed by atoms with Crippen LogP contribution in [0.15, 0.2) is 54.8 Å². The molecule has 0 saturated carbocycles. The van der Waals surface area contributed by atoms with Crippen LogP contribution in [0.1, 0.15) is 12.5 Å². The molecule has 0 fully saturated rings. The highest BCUT2D eigenvalue weighted by atomic mass is 16.5. The van der Waals surface area contributed by atoms with E-state index in [-0.39, 0.29) is 0 Å². The standard InChI is InChI=1S/C13H12O/c1-9(2)13-8-10(3)11-6-4-5-7-12(11)14-13/h4-8H,1,3H2,2H3. The molecule has 1 nitrogen and oxygen atoms in total. The van der Waals surface area contributed by atoms with Crippen LogP contribution in [0.2, 0.25) is 0 Å². The highest BCUT2D eigenvalue weighted by Gasteiger charge is 2.14. The molecule has 1 aromatic carbocycles. The van der Waals surface area contributed by atoms with Gasteiger partial charge in [-0.05, 0) is 30.2 Å². The second-order valence-corrected chi connectivity index (χ2v) is 3.41. The third kappa shape index (κ3) is 1.37. The van der Waals surface area contributed by atoms with E-state index < -0.39 is 0 Å². The fraction of sp³-hybridized carbons (Fsp3) is 0.0769. The Balaban J connectivity index is 2.48. The lowest BCUT2D eigenvalue weighted by Crippen LogP contribution is -2.03. The molecule has 0 radical (unpaired) electrons. The zero-order valence-electron chi connectivity index (χ0n) is 8.21. The minimum Gasteiger partial charge on any atom is -0.456 e. The van der Waals surface area contributed by atoms with Gasteiger partial charge in [-0.3, -0.25) is 0 Å². The van der Waals surface area contributed by atoms with Crippen molar-refractivity contribution in [2.24, 2.45) is 0 Å². The monoisotopic (exact) mass is 184 g/mol. The molecule has 0 atom stereocenters. The van der Waals surface area contributed by atoms with Gasteiger partial charge in [-0.15, -0.1) is 0 Å². The summed E-state index contributed by atoms with van der Waals surface area (Å²) in [5, 5.41) is 0. The number of ether oxygens (including phenoxy) is 1. The molecule has 2 rings (SSSR count). The van der Waals surface area contributed by atoms with Gasteiger partial charge in [0.25, 0.3) is 0 Å². The molecule has 0 spiro atoms. The number of hydrogen-bond donors (Lipinski definition) is 0. The van der Waals surface area contributed by atoms with Crippen molar-refractivity contribution < 1.29 is 4.74 Å². The normalized spacial score (nSPS) is 14.1. The molecule has 1 aliphatic rings. The van der Waals surface area contributed by atoms with Crippen LogP contribution in [0.25, 0.3) is 5.57 Å². The number of hydrogen-bond acceptors (Lipinski definition) is 1. The largest absolute Gasteiger partial charge is 0.456 e. The molecule has 0 saturated heterocycles. The molecule has 0 N–H and O–H groups in total. The van der Waals surface area contributed by atoms with Gasteiger partial charge in [0.1, 0.15) is 11.5 Å². The number of fused-ring (bicyclic) bond motifs is 1. The van der Waals surface area contributed by atoms with Crippen LogP contribution in [0.5, 0.6) is 5.75 Å². The summed E-state index contributed by atoms with van der Waals surface area (Å²) in [6.07, 6.45) is 1.92. The van der Waals surface area contributed by atoms with E-state index in [1.54, 1.807) is 0 Å². The molecule has 0 aliphatic carbocycles. The van der Waals surface area contributed by atoms with E-state index in [1.807, 2.05) is 37.3 Å². The predicted octanol–water partition coefficient (Wildman–Crippen LogP) is 3.55. The Labute approximate surface area is 84.0 Å². The third-order valence-corrected chi connectivity index (χ3v) is 2.18. The van der Waals surface area contributed by atoms with E-state index in [4.69, 9.17) is 4.74 Å². The van der Waals surface area contributed by atoms with Crippen LogP contribution < -0.4 is 4.74 Å². The maximum absolute atomic E-state index is 5.66. The van der Waals surface area contributed by atoms with Crippen LogP contribution >= 0.6 is 0 Å². The lowest BCUT2D eigenvalue weighted by molar-refractivity contribution is 0.431. The highest BCUT2D eigenvalue weighted by molar-refractivity contribution is 5.79. The van der Waals surface area contributed by atoms with E-state index in [0.717, 1.165) is 28.2 Å². The van der Waals surface area contributed by atoms with Gasteiger partial charge in [0.15, 0.2) is 0 Å². The van der Waals surface area contributed by atoms with Gasteiger partial charge in [0.05, 0.1) is 0 Å². The molecule has 1 aliphatic heterocycles. The highest BCUT2D eigenvalue weighted by Crippen LogP contribution is 2.33. The van der Waals surface area contributed by atoms with Gasteiger partial charge in [0.2, 0.25) is 0 Å². The minimum atomic E-state index is 0.800. The maximum atomic E-state index is 5.66. The lowest BCUT2D eigenvalue weighted by Gasteiger charge is -2.19. The molecule has 1 heterocycles. The molecular formula is C13H12O. The van der Waals surface area contributed by atoms with Crippen molar-refractivity contribution in [3.63, 3.8) is 0 Å². The topological polar surface area (TPSA) is 9.23 Å². The molecule has 0 amide bonds. The SMILES string of the molecule is C=C(C)C1=CC(=C)c2ccccc2O1. The Hall–Kier alpha value is -1.76. The van der Waals surface area contributed by atoms with Gasteiger partial charge in [0, 0.05) is 5.56 Å². The van der Waals surface area contributed by atoms with Crippen molar-refractivity contribution in [1.29, 1.82) is 0 Å². The summed E-state index contributed by atoms with van der Waals surface area (Å²) in [4.78, 5) is 0. The van der Waals surface area contributed by atoms with Crippen molar-refractivity contribution in [1.82, 2.24) is 0 Å². The summed E-state index contributed by atoms with van der Waals surface area (Å²) in [6, 6.07) is 7.88. The van der Waals surface area contributed by atoms with Crippen LogP contribution in [-0.4, -0.2) is 0 Å². The van der Waals surface area contributed by atoms with Gasteiger partial charge in [-0.25, -0.2) is 0 Å². The first-order valence-electron chi connectivity index (χ1n) is 4.52. The smallest absolute Gasteiger partial charge is 0.135 e. The van der Waals surface area contributed by atoms with Crippen LogP contribution in [0.4, 0.5) is 0 Å². The second-order valence-electron chi connectivity index (χ2n) is 3.41. The molecule has 14 heavy (non-hydrogen) atoms. The Morgan fingerprint density at radius 1 is 1.29 bits per heavy atom. The summed E-state index contributed by atoms with van der Waals surface area (Å²) >= 11 is 0. The van der Waals surface area contributed by atoms with Crippen LogP contribution in [0, 0.1) is 0 Å². The van der Waals surface area contributed by atoms with E-state index in [0.29, 0.717) is 0 Å². The summed E-state index contributed by atoms with van der Waals surface area (Å²) in [7, 11) is 0. The Kier molecular flexibility index (Phi) is 2.01. The first-order chi connectivity index (χ1) is 6.68. The molecule has 70 valence electrons. The van der Waals surface area contributed by atoms with Crippen molar-refractivity contribution in [2.75, 3.05) is 0 Å². The number of allylic oxidation sites excluding steroid dienone is 3. The molecule has 0 unspecified atom stereocenters. The fourth-order valence-corrected chi connectivity index (χ4v) is 1.42. The first kappa shape index (κ1) is 8.82. The average molecular weight is 184 g/mol. The summed E-state index contributed by atoms with van der Waals surface area (Å²) in [5.41, 5.74) is 2.95. The number of rotatable bonds is 1. The summed E-state index contributed by atoms with van der Waals surface area (Å²) in [5.74, 6) is 1.66. The summed E-state index contributed by atoms with van der Waals surface area (Å²) < 4.78 is 5.66. The average Bonchev–Trinajstić information content (AvgIpc) is 2.17. The van der Waals surface area contributed by atoms with Crippen molar-refractivity contribution in [3.8, 4) is 5.75 Å². The Bertz CT molecular complexity index is 438. The third-order valence-electron chi connectivity index (χ3n) is 2.18. The molecule has 0 aromatic heterocycles. The minimum absolute atomic E-state index is 0.800. The van der Waals surface area contributed by atoms with Gasteiger partial charge in [-0.2, -0.15) is 0 Å². The maximum Gasteiger partial charge on any atom is 0.135 e. The molecule has 0 bridgehead atoms. The number of benzene rings is 1. The van der Waals surface area contributed by atoms with E-state index >= 15 is 0 Å². The first-order valence-corrected chi connectivity index (χ1v) is 4.52. The van der Waals surface area contributed by atoms with Gasteiger partial charge < -0.3 is 4.74 Å². The van der Waals surface area contributed by atoms with Crippen molar-refractivity contribution in [3.05, 3.63) is 60.4 Å². The van der Waals surface area contributed by atoms with Gasteiger partial charge in [-0.1, -0.05) is 31.4 Å². The Morgan fingerprint density at radius 3 is 2.71 bits per heavy atom. The lowest BCUT2D eigenvalue weighted by atomic mass is 10.0. The Morgan fingerprint density at radius 2 is 2.00 bits per heavy atom. The van der Waals surface area contributed by atoms with Gasteiger partial charge >= 0.3 is 0 Å². The molecule has 1 heteroatoms. The van der Waals surface area contributed by atoms with E-state index in [9.17, 15) is 0 Å². The molecular weight excluding hydrogens is 172 g/mol. The van der Waals surface area contributed by atoms with Crippen LogP contribution in [0.3, 0.4) is 0 Å². The van der Waals surface area contributed by atoms with Crippen molar-refractivity contribution >= 4 is 5.57 Å². The van der Waals surface area contributed by atoms with Crippen molar-refractivity contribution in [2.45, 2.75) is 6.92 Å². The number of para-hydroxylation sites is 1. The zero-order valence-corrected chi connectivity index (χ0v) is 8.21. The fourth-order valence-electron chi connectivity index (χ4n) is 1.42. The zero-order chi connectivity index (χ0) is 10.1. The van der Waals surface area contributed by atoms with Crippen LogP contribution in [-0.2, 0) is 0 Å². The van der Waals surface area contributed by atoms with E-state index in [2.05, 4.69) is 13.2 Å². The quantitative estimate of drug-likeness (QED) is 0.648. The molecule has 1 aromatic rings. The van der Waals surface area contributed by atoms with E-state index in [1.165, 1.54) is 0 Å².